The van der Waals surface area contributed by atoms with E-state index in [0.29, 0.717) is 44.0 Å². The smallest absolute Gasteiger partial charge is 0.243 e. The zero-order valence-electron chi connectivity index (χ0n) is 21.2. The van der Waals surface area contributed by atoms with E-state index in [0.717, 1.165) is 5.56 Å². The van der Waals surface area contributed by atoms with Gasteiger partial charge in [0.1, 0.15) is 24.9 Å². The van der Waals surface area contributed by atoms with Crippen LogP contribution in [0.3, 0.4) is 0 Å². The number of aromatic nitrogens is 2. The van der Waals surface area contributed by atoms with Crippen LogP contribution < -0.4 is 14.8 Å². The van der Waals surface area contributed by atoms with Gasteiger partial charge in [-0.25, -0.2) is 18.4 Å². The lowest BCUT2D eigenvalue weighted by atomic mass is 10.2. The number of aryl methyl sites for hydroxylation is 1. The molecule has 0 amide bonds. The molecule has 1 atom stereocenters. The van der Waals surface area contributed by atoms with Crippen molar-refractivity contribution in [2.75, 3.05) is 38.7 Å². The molecule has 39 heavy (non-hydrogen) atoms. The Hall–Kier alpha value is -3.15. The molecule has 204 valence electrons. The van der Waals surface area contributed by atoms with Gasteiger partial charge < -0.3 is 19.5 Å². The lowest BCUT2D eigenvalue weighted by Gasteiger charge is -2.32. The second-order valence-corrected chi connectivity index (χ2v) is 11.7. The normalized spacial score (nSPS) is 16.3. The summed E-state index contributed by atoms with van der Waals surface area (Å²) in [5.41, 5.74) is 2.33. The van der Waals surface area contributed by atoms with Gasteiger partial charge in [0.15, 0.2) is 11.5 Å². The van der Waals surface area contributed by atoms with Crippen molar-refractivity contribution in [2.24, 2.45) is 0 Å². The minimum Gasteiger partial charge on any atom is -0.493 e. The van der Waals surface area contributed by atoms with E-state index in [1.165, 1.54) is 17.7 Å². The van der Waals surface area contributed by atoms with Crippen molar-refractivity contribution in [3.05, 3.63) is 76.5 Å². The van der Waals surface area contributed by atoms with Crippen molar-refractivity contribution in [1.82, 2.24) is 14.3 Å². The van der Waals surface area contributed by atoms with E-state index in [1.807, 2.05) is 6.92 Å². The van der Waals surface area contributed by atoms with Crippen molar-refractivity contribution >= 4 is 55.6 Å². The zero-order valence-corrected chi connectivity index (χ0v) is 23.6. The maximum Gasteiger partial charge on any atom is 0.243 e. The molecular weight excluding hydrogens is 563 g/mol. The molecule has 5 rings (SSSR count). The van der Waals surface area contributed by atoms with Gasteiger partial charge in [-0.15, -0.1) is 0 Å². The molecule has 1 unspecified atom stereocenters. The lowest BCUT2D eigenvalue weighted by Crippen LogP contribution is -2.47. The van der Waals surface area contributed by atoms with E-state index in [9.17, 15) is 8.42 Å². The summed E-state index contributed by atoms with van der Waals surface area (Å²) >= 11 is 12.2. The molecule has 9 nitrogen and oxygen atoms in total. The molecule has 1 N–H and O–H groups in total. The van der Waals surface area contributed by atoms with Crippen LogP contribution in [0.2, 0.25) is 10.0 Å². The first-order valence-corrected chi connectivity index (χ1v) is 14.3. The van der Waals surface area contributed by atoms with Gasteiger partial charge in [0.25, 0.3) is 0 Å². The molecule has 0 bridgehead atoms. The number of nitrogens with one attached hydrogen (secondary N) is 1. The first kappa shape index (κ1) is 27.4. The number of morpholine rings is 1. The summed E-state index contributed by atoms with van der Waals surface area (Å²) in [5, 5.41) is 4.81. The Balaban J connectivity index is 1.32. The Bertz CT molecular complexity index is 1600. The van der Waals surface area contributed by atoms with Crippen LogP contribution in [0.1, 0.15) is 5.56 Å². The average Bonchev–Trinajstić information content (AvgIpc) is 2.94. The van der Waals surface area contributed by atoms with Crippen molar-refractivity contribution in [1.29, 1.82) is 0 Å². The highest BCUT2D eigenvalue weighted by atomic mass is 35.5. The number of benzene rings is 3. The van der Waals surface area contributed by atoms with Gasteiger partial charge in [0, 0.05) is 30.2 Å². The van der Waals surface area contributed by atoms with Crippen molar-refractivity contribution in [3.8, 4) is 11.5 Å². The van der Waals surface area contributed by atoms with Crippen LogP contribution >= 0.6 is 23.2 Å². The molecule has 1 aliphatic heterocycles. The summed E-state index contributed by atoms with van der Waals surface area (Å²) in [6, 6.07) is 15.5. The molecule has 1 aromatic heterocycles. The molecule has 2 heterocycles. The van der Waals surface area contributed by atoms with E-state index in [1.54, 1.807) is 54.6 Å². The zero-order chi connectivity index (χ0) is 27.6. The standard InChI is InChI=1S/C27H26Cl2N4O5S/c1-17-3-6-20(7-4-17)39(34,35)33-9-10-37-19(14-33)15-38-26-13-24-21(12-25(26)36-2)27(31-16-30-24)32-18-5-8-22(28)23(29)11-18/h3-8,11-13,16,19H,9-10,14-15H2,1-2H3,(H,30,31,32). The SMILES string of the molecule is COc1cc2c(Nc3ccc(Cl)c(Cl)c3)ncnc2cc1OCC1CN(S(=O)(=O)c2ccc(C)cc2)CCO1. The Labute approximate surface area is 236 Å². The fourth-order valence-corrected chi connectivity index (χ4v) is 5.95. The Morgan fingerprint density at radius 1 is 1.05 bits per heavy atom. The van der Waals surface area contributed by atoms with Gasteiger partial charge in [-0.1, -0.05) is 40.9 Å². The van der Waals surface area contributed by atoms with E-state index in [2.05, 4.69) is 15.3 Å². The average molecular weight is 590 g/mol. The minimum atomic E-state index is -3.64. The highest BCUT2D eigenvalue weighted by Gasteiger charge is 2.31. The van der Waals surface area contributed by atoms with E-state index in [4.69, 9.17) is 37.4 Å². The molecule has 0 aliphatic carbocycles. The number of methoxy groups -OCH3 is 1. The number of hydrogen-bond donors (Lipinski definition) is 1. The van der Waals surface area contributed by atoms with Crippen LogP contribution in [-0.4, -0.2) is 62.2 Å². The molecule has 0 saturated carbocycles. The molecule has 1 saturated heterocycles. The third-order valence-corrected chi connectivity index (χ3v) is 8.91. The van der Waals surface area contributed by atoms with Crippen LogP contribution in [0.25, 0.3) is 10.9 Å². The third kappa shape index (κ3) is 6.05. The Kier molecular flexibility index (Phi) is 8.11. The van der Waals surface area contributed by atoms with E-state index in [-0.39, 0.29) is 31.2 Å². The van der Waals surface area contributed by atoms with Gasteiger partial charge in [-0.05, 0) is 43.3 Å². The highest BCUT2D eigenvalue weighted by molar-refractivity contribution is 7.89. The number of sulfonamides is 1. The van der Waals surface area contributed by atoms with Crippen LogP contribution in [0.4, 0.5) is 11.5 Å². The highest BCUT2D eigenvalue weighted by Crippen LogP contribution is 2.35. The van der Waals surface area contributed by atoms with Crippen molar-refractivity contribution in [2.45, 2.75) is 17.9 Å². The second-order valence-electron chi connectivity index (χ2n) is 8.98. The number of fused-ring (bicyclic) bond motifs is 1. The van der Waals surface area contributed by atoms with Crippen LogP contribution in [0.15, 0.2) is 65.8 Å². The maximum absolute atomic E-state index is 13.1. The Morgan fingerprint density at radius 2 is 1.85 bits per heavy atom. The molecule has 4 aromatic rings. The minimum absolute atomic E-state index is 0.126. The number of nitrogens with zero attached hydrogens (tertiary/aromatic N) is 3. The maximum atomic E-state index is 13.1. The number of anilines is 2. The summed E-state index contributed by atoms with van der Waals surface area (Å²) in [6.45, 7) is 2.76. The fraction of sp³-hybridized carbons (Fsp3) is 0.259. The van der Waals surface area contributed by atoms with Gasteiger partial charge in [0.05, 0.1) is 34.2 Å². The predicted molar refractivity (Wildman–Crippen MR) is 151 cm³/mol. The molecule has 0 radical (unpaired) electrons. The van der Waals surface area contributed by atoms with Crippen molar-refractivity contribution in [3.63, 3.8) is 0 Å². The van der Waals surface area contributed by atoms with Crippen LogP contribution in [0.5, 0.6) is 11.5 Å². The van der Waals surface area contributed by atoms with Crippen LogP contribution in [-0.2, 0) is 14.8 Å². The predicted octanol–water partition coefficient (Wildman–Crippen LogP) is 5.47. The second kappa shape index (κ2) is 11.5. The molecule has 12 heteroatoms. The van der Waals surface area contributed by atoms with Gasteiger partial charge in [-0.2, -0.15) is 4.31 Å². The molecule has 0 spiro atoms. The molecule has 3 aromatic carbocycles. The topological polar surface area (TPSA) is 103 Å². The monoisotopic (exact) mass is 588 g/mol. The molecule has 1 aliphatic rings. The Morgan fingerprint density at radius 3 is 2.59 bits per heavy atom. The number of rotatable bonds is 8. The fourth-order valence-electron chi connectivity index (χ4n) is 4.20. The summed E-state index contributed by atoms with van der Waals surface area (Å²) in [5.74, 6) is 1.47. The van der Waals surface area contributed by atoms with Crippen molar-refractivity contribution < 1.29 is 22.6 Å². The largest absolute Gasteiger partial charge is 0.493 e. The summed E-state index contributed by atoms with van der Waals surface area (Å²) in [4.78, 5) is 9.00. The quantitative estimate of drug-likeness (QED) is 0.289. The summed E-state index contributed by atoms with van der Waals surface area (Å²) in [7, 11) is -2.10. The summed E-state index contributed by atoms with van der Waals surface area (Å²) < 4.78 is 45.2. The number of hydrogen-bond acceptors (Lipinski definition) is 8. The third-order valence-electron chi connectivity index (χ3n) is 6.29. The van der Waals surface area contributed by atoms with Gasteiger partial charge >= 0.3 is 0 Å². The van der Waals surface area contributed by atoms with Crippen LogP contribution in [0, 0.1) is 6.92 Å². The van der Waals surface area contributed by atoms with E-state index < -0.39 is 16.1 Å². The lowest BCUT2D eigenvalue weighted by molar-refractivity contribution is -0.0252. The van der Waals surface area contributed by atoms with E-state index >= 15 is 0 Å². The van der Waals surface area contributed by atoms with Gasteiger partial charge in [0.2, 0.25) is 10.0 Å². The first-order valence-electron chi connectivity index (χ1n) is 12.1. The van der Waals surface area contributed by atoms with Gasteiger partial charge in [-0.3, -0.25) is 0 Å². The number of halogens is 2. The molecule has 1 fully saturated rings. The first-order chi connectivity index (χ1) is 18.7. The summed E-state index contributed by atoms with van der Waals surface area (Å²) in [6.07, 6.45) is 0.980. The molecular formula is C27H26Cl2N4O5S. The number of ether oxygens (including phenoxy) is 3.